The minimum atomic E-state index is 0.569. The van der Waals surface area contributed by atoms with Crippen LogP contribution in [0.2, 0.25) is 0 Å². The van der Waals surface area contributed by atoms with Gasteiger partial charge in [-0.25, -0.2) is 4.98 Å². The van der Waals surface area contributed by atoms with Gasteiger partial charge in [0.2, 0.25) is 0 Å². The van der Waals surface area contributed by atoms with Crippen LogP contribution in [0.5, 0.6) is 0 Å². The second kappa shape index (κ2) is 7.62. The lowest BCUT2D eigenvalue weighted by molar-refractivity contribution is 0.865. The highest BCUT2D eigenvalue weighted by Crippen LogP contribution is 2.15. The predicted octanol–water partition coefficient (Wildman–Crippen LogP) is 4.03. The van der Waals surface area contributed by atoms with E-state index < -0.39 is 0 Å². The molecule has 0 spiro atoms. The molecule has 0 aliphatic carbocycles. The van der Waals surface area contributed by atoms with Crippen LogP contribution < -0.4 is 10.6 Å². The number of aromatic nitrogens is 2. The highest BCUT2D eigenvalue weighted by molar-refractivity contribution is 5.42. The average Bonchev–Trinajstić information content (AvgIpc) is 2.52. The Balaban J connectivity index is 1.93. The summed E-state index contributed by atoms with van der Waals surface area (Å²) in [5.41, 5.74) is 2.61. The summed E-state index contributed by atoms with van der Waals surface area (Å²) >= 11 is 0. The summed E-state index contributed by atoms with van der Waals surface area (Å²) < 4.78 is 0. The first kappa shape index (κ1) is 15.3. The molecule has 4 heteroatoms. The first-order chi connectivity index (χ1) is 10.2. The molecule has 0 bridgehead atoms. The molecule has 112 valence electrons. The molecule has 0 fully saturated rings. The smallest absolute Gasteiger partial charge is 0.147 e. The van der Waals surface area contributed by atoms with Crippen molar-refractivity contribution in [2.45, 2.75) is 39.7 Å². The van der Waals surface area contributed by atoms with Crippen molar-refractivity contribution in [3.8, 4) is 0 Å². The van der Waals surface area contributed by atoms with Crippen molar-refractivity contribution >= 4 is 11.6 Å². The Labute approximate surface area is 127 Å². The van der Waals surface area contributed by atoms with E-state index >= 15 is 0 Å². The van der Waals surface area contributed by atoms with Gasteiger partial charge in [0.15, 0.2) is 0 Å². The third-order valence-corrected chi connectivity index (χ3v) is 3.31. The molecule has 2 rings (SSSR count). The third-order valence-electron chi connectivity index (χ3n) is 3.31. The van der Waals surface area contributed by atoms with Gasteiger partial charge in [0.05, 0.1) is 12.4 Å². The normalized spacial score (nSPS) is 10.7. The van der Waals surface area contributed by atoms with E-state index in [1.165, 1.54) is 11.1 Å². The van der Waals surface area contributed by atoms with Gasteiger partial charge in [-0.3, -0.25) is 4.98 Å². The molecule has 0 saturated heterocycles. The zero-order valence-electron chi connectivity index (χ0n) is 13.1. The topological polar surface area (TPSA) is 49.8 Å². The van der Waals surface area contributed by atoms with Gasteiger partial charge in [0.25, 0.3) is 0 Å². The minimum Gasteiger partial charge on any atom is -0.369 e. The molecular formula is C17H24N4. The molecule has 0 aliphatic rings. The minimum absolute atomic E-state index is 0.569. The van der Waals surface area contributed by atoms with Gasteiger partial charge >= 0.3 is 0 Å². The zero-order valence-corrected chi connectivity index (χ0v) is 13.1. The van der Waals surface area contributed by atoms with Gasteiger partial charge in [-0.15, -0.1) is 0 Å². The summed E-state index contributed by atoms with van der Waals surface area (Å²) in [4.78, 5) is 8.69. The van der Waals surface area contributed by atoms with Crippen molar-refractivity contribution in [3.05, 3.63) is 47.8 Å². The van der Waals surface area contributed by atoms with Gasteiger partial charge in [-0.05, 0) is 23.5 Å². The number of nitrogens with zero attached hydrogens (tertiary/aromatic N) is 2. The second-order valence-electron chi connectivity index (χ2n) is 5.47. The SMILES string of the molecule is CCCNc1cncc(NCc2ccc(C(C)C)cc2)n1. The van der Waals surface area contributed by atoms with E-state index in [0.717, 1.165) is 31.1 Å². The van der Waals surface area contributed by atoms with Gasteiger partial charge in [-0.2, -0.15) is 0 Å². The fraction of sp³-hybridized carbons (Fsp3) is 0.412. The number of rotatable bonds is 7. The molecule has 0 unspecified atom stereocenters. The van der Waals surface area contributed by atoms with Crippen LogP contribution in [0.1, 0.15) is 44.2 Å². The molecule has 0 amide bonds. The molecule has 2 N–H and O–H groups in total. The maximum atomic E-state index is 4.49. The Bertz CT molecular complexity index is 549. The number of anilines is 2. The van der Waals surface area contributed by atoms with E-state index in [4.69, 9.17) is 0 Å². The molecule has 1 heterocycles. The van der Waals surface area contributed by atoms with E-state index in [9.17, 15) is 0 Å². The average molecular weight is 284 g/mol. The molecule has 0 radical (unpaired) electrons. The molecule has 1 aromatic carbocycles. The maximum Gasteiger partial charge on any atom is 0.147 e. The highest BCUT2D eigenvalue weighted by Gasteiger charge is 2.01. The number of benzene rings is 1. The fourth-order valence-corrected chi connectivity index (χ4v) is 2.00. The summed E-state index contributed by atoms with van der Waals surface area (Å²) in [6, 6.07) is 8.70. The van der Waals surface area contributed by atoms with Crippen molar-refractivity contribution < 1.29 is 0 Å². The summed E-state index contributed by atoms with van der Waals surface area (Å²) in [7, 11) is 0. The van der Waals surface area contributed by atoms with Crippen LogP contribution in [0.3, 0.4) is 0 Å². The Morgan fingerprint density at radius 1 is 1.00 bits per heavy atom. The van der Waals surface area contributed by atoms with Crippen molar-refractivity contribution in [1.29, 1.82) is 0 Å². The molecule has 0 aliphatic heterocycles. The Kier molecular flexibility index (Phi) is 5.55. The molecule has 0 atom stereocenters. The van der Waals surface area contributed by atoms with Gasteiger partial charge in [-0.1, -0.05) is 45.0 Å². The lowest BCUT2D eigenvalue weighted by Crippen LogP contribution is -2.06. The molecule has 0 saturated carbocycles. The van der Waals surface area contributed by atoms with E-state index in [0.29, 0.717) is 5.92 Å². The van der Waals surface area contributed by atoms with Crippen LogP contribution in [-0.4, -0.2) is 16.5 Å². The quantitative estimate of drug-likeness (QED) is 0.806. The van der Waals surface area contributed by atoms with E-state index in [1.54, 1.807) is 12.4 Å². The molecule has 21 heavy (non-hydrogen) atoms. The van der Waals surface area contributed by atoms with Gasteiger partial charge in [0.1, 0.15) is 11.6 Å². The van der Waals surface area contributed by atoms with Crippen LogP contribution in [0.4, 0.5) is 11.6 Å². The largest absolute Gasteiger partial charge is 0.369 e. The second-order valence-corrected chi connectivity index (χ2v) is 5.47. The Hall–Kier alpha value is -2.10. The van der Waals surface area contributed by atoms with Crippen molar-refractivity contribution in [2.24, 2.45) is 0 Å². The third kappa shape index (κ3) is 4.74. The Morgan fingerprint density at radius 3 is 2.29 bits per heavy atom. The predicted molar refractivity (Wildman–Crippen MR) is 88.7 cm³/mol. The molecule has 2 aromatic rings. The molecular weight excluding hydrogens is 260 g/mol. The van der Waals surface area contributed by atoms with E-state index in [-0.39, 0.29) is 0 Å². The van der Waals surface area contributed by atoms with Gasteiger partial charge in [0, 0.05) is 13.1 Å². The summed E-state index contributed by atoms with van der Waals surface area (Å²) in [5, 5.41) is 6.55. The summed E-state index contributed by atoms with van der Waals surface area (Å²) in [6.07, 6.45) is 4.57. The van der Waals surface area contributed by atoms with Crippen LogP contribution in [0.15, 0.2) is 36.7 Å². The Morgan fingerprint density at radius 2 is 1.67 bits per heavy atom. The first-order valence-electron chi connectivity index (χ1n) is 7.57. The lowest BCUT2D eigenvalue weighted by atomic mass is 10.0. The van der Waals surface area contributed by atoms with E-state index in [2.05, 4.69) is 65.6 Å². The monoisotopic (exact) mass is 284 g/mol. The van der Waals surface area contributed by atoms with Crippen molar-refractivity contribution in [3.63, 3.8) is 0 Å². The molecule has 1 aromatic heterocycles. The highest BCUT2D eigenvalue weighted by atomic mass is 15.1. The number of hydrogen-bond acceptors (Lipinski definition) is 4. The van der Waals surface area contributed by atoms with Crippen LogP contribution in [0.25, 0.3) is 0 Å². The summed E-state index contributed by atoms with van der Waals surface area (Å²) in [5.74, 6) is 2.18. The van der Waals surface area contributed by atoms with E-state index in [1.807, 2.05) is 0 Å². The standard InChI is InChI=1S/C17H24N4/c1-4-9-19-16-11-18-12-17(21-16)20-10-14-5-7-15(8-6-14)13(2)3/h5-8,11-13H,4,9-10H2,1-3H3,(H2,19,20,21). The van der Waals surface area contributed by atoms with Gasteiger partial charge < -0.3 is 10.6 Å². The summed E-state index contributed by atoms with van der Waals surface area (Å²) in [6.45, 7) is 8.21. The zero-order chi connectivity index (χ0) is 15.1. The van der Waals surface area contributed by atoms with Crippen molar-refractivity contribution in [2.75, 3.05) is 17.2 Å². The fourth-order valence-electron chi connectivity index (χ4n) is 2.00. The number of hydrogen-bond donors (Lipinski definition) is 2. The van der Waals surface area contributed by atoms with Crippen molar-refractivity contribution in [1.82, 2.24) is 9.97 Å². The van der Waals surface area contributed by atoms with Crippen LogP contribution >= 0.6 is 0 Å². The lowest BCUT2D eigenvalue weighted by Gasteiger charge is -2.09. The maximum absolute atomic E-state index is 4.49. The molecule has 4 nitrogen and oxygen atoms in total. The first-order valence-corrected chi connectivity index (χ1v) is 7.57. The van der Waals surface area contributed by atoms with Crippen LogP contribution in [-0.2, 0) is 6.54 Å². The van der Waals surface area contributed by atoms with Crippen LogP contribution in [0, 0.1) is 0 Å². The number of nitrogens with one attached hydrogen (secondary N) is 2.